The number of nitrogens with zero attached hydrogens (tertiary/aromatic N) is 3. The van der Waals surface area contributed by atoms with Gasteiger partial charge in [-0.2, -0.15) is 18.4 Å². The molecular formula is C17H14F4N4O. The van der Waals surface area contributed by atoms with Gasteiger partial charge in [-0.1, -0.05) is 18.2 Å². The zero-order chi connectivity index (χ0) is 18.9. The first-order valence-electron chi connectivity index (χ1n) is 7.81. The summed E-state index contributed by atoms with van der Waals surface area (Å²) in [5, 5.41) is 21.7. The molecule has 1 fully saturated rings. The molecule has 0 amide bonds. The van der Waals surface area contributed by atoms with E-state index in [2.05, 4.69) is 15.3 Å². The lowest BCUT2D eigenvalue weighted by Crippen LogP contribution is -2.48. The molecule has 5 nitrogen and oxygen atoms in total. The average molecular weight is 366 g/mol. The zero-order valence-corrected chi connectivity index (χ0v) is 13.4. The minimum absolute atomic E-state index is 0.0625. The van der Waals surface area contributed by atoms with Crippen LogP contribution in [0.4, 0.5) is 23.4 Å². The van der Waals surface area contributed by atoms with Crippen LogP contribution < -0.4 is 5.32 Å². The van der Waals surface area contributed by atoms with Gasteiger partial charge in [0.05, 0.1) is 12.7 Å². The van der Waals surface area contributed by atoms with E-state index in [-0.39, 0.29) is 17.3 Å². The molecule has 1 atom stereocenters. The normalized spacial score (nSPS) is 16.6. The van der Waals surface area contributed by atoms with E-state index in [1.165, 1.54) is 18.3 Å². The smallest absolute Gasteiger partial charge is 0.375 e. The first-order valence-corrected chi connectivity index (χ1v) is 7.81. The van der Waals surface area contributed by atoms with Crippen molar-refractivity contribution in [2.75, 3.05) is 11.9 Å². The van der Waals surface area contributed by atoms with Crippen LogP contribution in [0, 0.1) is 17.1 Å². The molecule has 0 bridgehead atoms. The van der Waals surface area contributed by atoms with Gasteiger partial charge in [0.1, 0.15) is 29.1 Å². The molecule has 0 radical (unpaired) electrons. The summed E-state index contributed by atoms with van der Waals surface area (Å²) in [5.41, 5.74) is -4.46. The number of nitriles is 1. The quantitative estimate of drug-likeness (QED) is 0.794. The Labute approximate surface area is 146 Å². The maximum absolute atomic E-state index is 13.9. The molecule has 1 aromatic heterocycles. The predicted octanol–water partition coefficient (Wildman–Crippen LogP) is 3.23. The number of rotatable bonds is 5. The number of hydrogen-bond acceptors (Lipinski definition) is 5. The second-order valence-electron chi connectivity index (χ2n) is 6.07. The first kappa shape index (κ1) is 18.1. The minimum Gasteiger partial charge on any atom is -0.375 e. The molecular weight excluding hydrogens is 352 g/mol. The van der Waals surface area contributed by atoms with Crippen molar-refractivity contribution in [2.24, 2.45) is 0 Å². The van der Waals surface area contributed by atoms with Crippen molar-refractivity contribution >= 4 is 5.82 Å². The van der Waals surface area contributed by atoms with Crippen LogP contribution in [0.25, 0.3) is 0 Å². The van der Waals surface area contributed by atoms with E-state index in [9.17, 15) is 22.7 Å². The van der Waals surface area contributed by atoms with E-state index < -0.39 is 29.7 Å². The molecule has 0 aliphatic heterocycles. The number of hydrogen-bond donors (Lipinski definition) is 2. The molecule has 1 aromatic carbocycles. The van der Waals surface area contributed by atoms with Gasteiger partial charge in [0, 0.05) is 11.5 Å². The molecule has 136 valence electrons. The summed E-state index contributed by atoms with van der Waals surface area (Å²) in [6.07, 6.45) is -2.19. The summed E-state index contributed by atoms with van der Waals surface area (Å²) in [6.45, 7) is -1.10. The van der Waals surface area contributed by atoms with Gasteiger partial charge in [-0.05, 0) is 18.9 Å². The lowest BCUT2D eigenvalue weighted by molar-refractivity contribution is -0.261. The van der Waals surface area contributed by atoms with Crippen LogP contribution in [0.5, 0.6) is 0 Å². The Kier molecular flexibility index (Phi) is 4.54. The third-order valence-corrected chi connectivity index (χ3v) is 4.17. The second kappa shape index (κ2) is 6.53. The van der Waals surface area contributed by atoms with Crippen molar-refractivity contribution in [1.82, 2.24) is 9.97 Å². The highest BCUT2D eigenvalue weighted by Gasteiger charge is 2.56. The van der Waals surface area contributed by atoms with Gasteiger partial charge in [0.25, 0.3) is 0 Å². The van der Waals surface area contributed by atoms with Crippen molar-refractivity contribution in [1.29, 1.82) is 5.26 Å². The van der Waals surface area contributed by atoms with E-state index >= 15 is 0 Å². The van der Waals surface area contributed by atoms with E-state index in [4.69, 9.17) is 5.26 Å². The van der Waals surface area contributed by atoms with Crippen molar-refractivity contribution in [2.45, 2.75) is 30.5 Å². The Morgan fingerprint density at radius 2 is 1.96 bits per heavy atom. The van der Waals surface area contributed by atoms with Gasteiger partial charge in [-0.15, -0.1) is 0 Å². The summed E-state index contributed by atoms with van der Waals surface area (Å²) in [6, 6.07) is 5.91. The van der Waals surface area contributed by atoms with Crippen molar-refractivity contribution in [3.8, 4) is 6.07 Å². The third-order valence-electron chi connectivity index (χ3n) is 4.17. The standard InChI is InChI=1S/C17H14F4N4O/c18-13-4-2-1-3-12(13)16(26,17(19,20)21)9-24-15-11(7-22)8-23-14(25-15)10-5-6-10/h1-4,8,10,26H,5-6,9H2,(H,23,24,25). The number of halogens is 4. The maximum atomic E-state index is 13.9. The Balaban J connectivity index is 1.93. The summed E-state index contributed by atoms with van der Waals surface area (Å²) >= 11 is 0. The van der Waals surface area contributed by atoms with Gasteiger partial charge >= 0.3 is 6.18 Å². The molecule has 3 rings (SSSR count). The van der Waals surface area contributed by atoms with E-state index in [1.54, 1.807) is 6.07 Å². The van der Waals surface area contributed by atoms with Crippen molar-refractivity contribution < 1.29 is 22.7 Å². The zero-order valence-electron chi connectivity index (χ0n) is 13.4. The number of aromatic nitrogens is 2. The number of aliphatic hydroxyl groups is 1. The number of anilines is 1. The minimum atomic E-state index is -5.15. The molecule has 0 saturated heterocycles. The molecule has 2 N–H and O–H groups in total. The molecule has 1 heterocycles. The van der Waals surface area contributed by atoms with Gasteiger partial charge in [-0.25, -0.2) is 14.4 Å². The highest BCUT2D eigenvalue weighted by molar-refractivity contribution is 5.51. The Morgan fingerprint density at radius 3 is 2.54 bits per heavy atom. The Bertz CT molecular complexity index is 861. The number of benzene rings is 1. The third kappa shape index (κ3) is 3.32. The maximum Gasteiger partial charge on any atom is 0.423 e. The lowest BCUT2D eigenvalue weighted by atomic mass is 9.92. The van der Waals surface area contributed by atoms with Crippen LogP contribution in [-0.2, 0) is 5.60 Å². The van der Waals surface area contributed by atoms with Crippen LogP contribution in [0.2, 0.25) is 0 Å². The largest absolute Gasteiger partial charge is 0.423 e. The summed E-state index contributed by atoms with van der Waals surface area (Å²) in [5.74, 6) is -0.760. The Morgan fingerprint density at radius 1 is 1.27 bits per heavy atom. The van der Waals surface area contributed by atoms with Crippen LogP contribution in [0.15, 0.2) is 30.5 Å². The summed E-state index contributed by atoms with van der Waals surface area (Å²) in [7, 11) is 0. The molecule has 1 unspecified atom stereocenters. The number of nitrogens with one attached hydrogen (secondary N) is 1. The van der Waals surface area contributed by atoms with Gasteiger partial charge in [-0.3, -0.25) is 0 Å². The van der Waals surface area contributed by atoms with E-state index in [0.717, 1.165) is 25.0 Å². The SMILES string of the molecule is N#Cc1cnc(C2CC2)nc1NCC(O)(c1ccccc1F)C(F)(F)F. The molecule has 1 saturated carbocycles. The van der Waals surface area contributed by atoms with Gasteiger partial charge in [0.2, 0.25) is 5.60 Å². The molecule has 2 aromatic rings. The fourth-order valence-electron chi connectivity index (χ4n) is 2.51. The summed E-state index contributed by atoms with van der Waals surface area (Å²) in [4.78, 5) is 8.11. The summed E-state index contributed by atoms with van der Waals surface area (Å²) < 4.78 is 54.5. The van der Waals surface area contributed by atoms with E-state index in [1.807, 2.05) is 0 Å². The van der Waals surface area contributed by atoms with Crippen LogP contribution >= 0.6 is 0 Å². The Hall–Kier alpha value is -2.73. The monoisotopic (exact) mass is 366 g/mol. The molecule has 9 heteroatoms. The molecule has 0 spiro atoms. The fraction of sp³-hybridized carbons (Fsp3) is 0.353. The topological polar surface area (TPSA) is 81.8 Å². The fourth-order valence-corrected chi connectivity index (χ4v) is 2.51. The van der Waals surface area contributed by atoms with Gasteiger partial charge in [0.15, 0.2) is 0 Å². The predicted molar refractivity (Wildman–Crippen MR) is 83.6 cm³/mol. The molecule has 26 heavy (non-hydrogen) atoms. The lowest BCUT2D eigenvalue weighted by Gasteiger charge is -2.31. The second-order valence-corrected chi connectivity index (χ2v) is 6.07. The first-order chi connectivity index (χ1) is 12.3. The molecule has 1 aliphatic rings. The van der Waals surface area contributed by atoms with Crippen LogP contribution in [-0.4, -0.2) is 27.8 Å². The highest BCUT2D eigenvalue weighted by Crippen LogP contribution is 2.41. The van der Waals surface area contributed by atoms with Gasteiger partial charge < -0.3 is 10.4 Å². The van der Waals surface area contributed by atoms with E-state index in [0.29, 0.717) is 5.82 Å². The van der Waals surface area contributed by atoms with Crippen molar-refractivity contribution in [3.05, 3.63) is 53.2 Å². The number of alkyl halides is 3. The average Bonchev–Trinajstić information content (AvgIpc) is 3.44. The molecule has 1 aliphatic carbocycles. The van der Waals surface area contributed by atoms with Crippen LogP contribution in [0.1, 0.15) is 35.7 Å². The van der Waals surface area contributed by atoms with Crippen LogP contribution in [0.3, 0.4) is 0 Å². The van der Waals surface area contributed by atoms with Crippen molar-refractivity contribution in [3.63, 3.8) is 0 Å². The highest BCUT2D eigenvalue weighted by atomic mass is 19.4.